The number of ether oxygens (including phenoxy) is 1. The van der Waals surface area contributed by atoms with Crippen LogP contribution in [-0.4, -0.2) is 51.5 Å². The normalized spacial score (nSPS) is 13.2. The van der Waals surface area contributed by atoms with Crippen molar-refractivity contribution >= 4 is 46.5 Å². The molecule has 0 radical (unpaired) electrons. The molecule has 1 aromatic carbocycles. The summed E-state index contributed by atoms with van der Waals surface area (Å²) in [5.41, 5.74) is 2.04. The van der Waals surface area contributed by atoms with E-state index in [1.54, 1.807) is 13.8 Å². The van der Waals surface area contributed by atoms with Crippen molar-refractivity contribution in [2.75, 3.05) is 0 Å². The van der Waals surface area contributed by atoms with Crippen LogP contribution in [0.25, 0.3) is 10.9 Å². The minimum atomic E-state index is -0.933. The molecule has 7 nitrogen and oxygen atoms in total. The molecule has 0 aliphatic carbocycles. The third kappa shape index (κ3) is 7.54. The van der Waals surface area contributed by atoms with Crippen LogP contribution < -0.4 is 5.32 Å². The fourth-order valence-electron chi connectivity index (χ4n) is 3.22. The molecule has 2 atom stereocenters. The van der Waals surface area contributed by atoms with Crippen LogP contribution >= 0.6 is 11.8 Å². The van der Waals surface area contributed by atoms with Gasteiger partial charge in [-0.3, -0.25) is 9.59 Å². The van der Waals surface area contributed by atoms with E-state index >= 15 is 0 Å². The van der Waals surface area contributed by atoms with Crippen LogP contribution in [0.15, 0.2) is 30.5 Å². The average molecular weight is 446 g/mol. The molecule has 0 aliphatic rings. The summed E-state index contributed by atoms with van der Waals surface area (Å²) in [6.07, 6.45) is 2.89. The summed E-state index contributed by atoms with van der Waals surface area (Å²) in [6.45, 7) is 7.50. The maximum Gasteiger partial charge on any atom is 0.328 e. The van der Waals surface area contributed by atoms with Crippen molar-refractivity contribution in [2.45, 2.75) is 69.6 Å². The number of benzene rings is 1. The highest BCUT2D eigenvalue weighted by atomic mass is 32.2. The summed E-state index contributed by atoms with van der Waals surface area (Å²) in [5.74, 6) is -1.23. The van der Waals surface area contributed by atoms with E-state index in [4.69, 9.17) is 10.1 Å². The number of rotatable bonds is 12. The molecule has 168 valence electrons. The zero-order valence-electron chi connectivity index (χ0n) is 18.4. The number of esters is 1. The third-order valence-corrected chi connectivity index (χ3v) is 5.86. The smallest absolute Gasteiger partial charge is 0.328 e. The van der Waals surface area contributed by atoms with E-state index in [0.29, 0.717) is 6.42 Å². The van der Waals surface area contributed by atoms with Crippen molar-refractivity contribution in [1.82, 2.24) is 10.3 Å². The second kappa shape index (κ2) is 11.7. The van der Waals surface area contributed by atoms with Crippen LogP contribution in [0, 0.1) is 5.41 Å². The average Bonchev–Trinajstić information content (AvgIpc) is 3.12. The second-order valence-electron chi connectivity index (χ2n) is 7.93. The van der Waals surface area contributed by atoms with Crippen LogP contribution in [0.2, 0.25) is 0 Å². The van der Waals surface area contributed by atoms with Gasteiger partial charge in [-0.25, -0.2) is 4.79 Å². The molecule has 1 aromatic heterocycles. The Morgan fingerprint density at radius 3 is 2.55 bits per heavy atom. The number of fused-ring (bicyclic) bond motifs is 1. The first kappa shape index (κ1) is 24.7. The van der Waals surface area contributed by atoms with Crippen molar-refractivity contribution in [3.63, 3.8) is 0 Å². The quantitative estimate of drug-likeness (QED) is 0.341. The van der Waals surface area contributed by atoms with Crippen LogP contribution in [-0.2, 0) is 25.5 Å². The largest absolute Gasteiger partial charge is 0.461 e. The standard InChI is InChI=1S/C23H31N3O4S/c1-14(2)30-23(29)20(10-9-17(27)12-24)26-22(28)21(31-15(3)4)11-16-13-25-19-8-6-5-7-18(16)19/h5-8,12-15,20-21,24-25H,9-11H2,1-4H3,(H,26,28)/t20-,21-/m0/s1. The topological polar surface area (TPSA) is 112 Å². The number of hydrogen-bond acceptors (Lipinski definition) is 6. The lowest BCUT2D eigenvalue weighted by atomic mass is 10.1. The highest BCUT2D eigenvalue weighted by Gasteiger charge is 2.29. The van der Waals surface area contributed by atoms with Crippen LogP contribution in [0.5, 0.6) is 0 Å². The summed E-state index contributed by atoms with van der Waals surface area (Å²) in [6, 6.07) is 6.99. The summed E-state index contributed by atoms with van der Waals surface area (Å²) >= 11 is 1.53. The van der Waals surface area contributed by atoms with Crippen molar-refractivity contribution in [1.29, 1.82) is 5.41 Å². The number of nitrogens with one attached hydrogen (secondary N) is 3. The Kier molecular flexibility index (Phi) is 9.30. The molecule has 8 heteroatoms. The Morgan fingerprint density at radius 2 is 1.90 bits per heavy atom. The van der Waals surface area contributed by atoms with Crippen LogP contribution in [0.3, 0.4) is 0 Å². The number of ketones is 1. The SMILES string of the molecule is CC(C)OC(=O)[C@H](CCC(=O)C=N)NC(=O)[C@H](Cc1c[nH]c2ccccc12)SC(C)C. The van der Waals surface area contributed by atoms with Gasteiger partial charge < -0.3 is 20.4 Å². The molecule has 3 N–H and O–H groups in total. The van der Waals surface area contributed by atoms with E-state index < -0.39 is 23.0 Å². The third-order valence-electron chi connectivity index (χ3n) is 4.60. The molecule has 2 aromatic rings. The maximum absolute atomic E-state index is 13.2. The highest BCUT2D eigenvalue weighted by molar-refractivity contribution is 8.01. The molecule has 0 bridgehead atoms. The lowest BCUT2D eigenvalue weighted by Crippen LogP contribution is -2.47. The van der Waals surface area contributed by atoms with Gasteiger partial charge in [0.25, 0.3) is 0 Å². The monoisotopic (exact) mass is 445 g/mol. The number of carbonyl (C=O) groups is 3. The molecule has 1 heterocycles. The van der Waals surface area contributed by atoms with Crippen molar-refractivity contribution in [2.24, 2.45) is 0 Å². The predicted molar refractivity (Wildman–Crippen MR) is 125 cm³/mol. The van der Waals surface area contributed by atoms with Gasteiger partial charge in [-0.1, -0.05) is 32.0 Å². The van der Waals surface area contributed by atoms with Gasteiger partial charge in [0.15, 0.2) is 5.78 Å². The molecule has 0 spiro atoms. The Morgan fingerprint density at radius 1 is 1.19 bits per heavy atom. The molecule has 2 rings (SSSR count). The number of aromatic nitrogens is 1. The second-order valence-corrected chi connectivity index (χ2v) is 9.72. The zero-order valence-corrected chi connectivity index (χ0v) is 19.3. The van der Waals surface area contributed by atoms with Gasteiger partial charge in [0.1, 0.15) is 6.04 Å². The van der Waals surface area contributed by atoms with Crippen LogP contribution in [0.1, 0.15) is 46.1 Å². The maximum atomic E-state index is 13.2. The van der Waals surface area contributed by atoms with Gasteiger partial charge in [0, 0.05) is 23.5 Å². The van der Waals surface area contributed by atoms with Crippen molar-refractivity contribution in [3.8, 4) is 0 Å². The minimum Gasteiger partial charge on any atom is -0.461 e. The van der Waals surface area contributed by atoms with Gasteiger partial charge in [0.2, 0.25) is 5.91 Å². The zero-order chi connectivity index (χ0) is 23.0. The van der Waals surface area contributed by atoms with E-state index in [2.05, 4.69) is 10.3 Å². The van der Waals surface area contributed by atoms with Crippen molar-refractivity contribution < 1.29 is 19.1 Å². The minimum absolute atomic E-state index is 0.00786. The number of hydrogen-bond donors (Lipinski definition) is 3. The molecular weight excluding hydrogens is 414 g/mol. The first-order valence-corrected chi connectivity index (χ1v) is 11.4. The van der Waals surface area contributed by atoms with E-state index in [-0.39, 0.29) is 30.1 Å². The van der Waals surface area contributed by atoms with Gasteiger partial charge >= 0.3 is 5.97 Å². The number of thioether (sulfide) groups is 1. The summed E-state index contributed by atoms with van der Waals surface area (Å²) in [7, 11) is 0. The number of Topliss-reactive ketones (excluding diaryl/α,β-unsaturated/α-hetero) is 1. The molecule has 0 unspecified atom stereocenters. The first-order chi connectivity index (χ1) is 14.7. The van der Waals surface area contributed by atoms with E-state index in [9.17, 15) is 14.4 Å². The predicted octanol–water partition coefficient (Wildman–Crippen LogP) is 3.66. The summed E-state index contributed by atoms with van der Waals surface area (Å²) in [5, 5.41) is 10.7. The Labute approximate surface area is 187 Å². The lowest BCUT2D eigenvalue weighted by Gasteiger charge is -2.23. The molecular formula is C23H31N3O4S. The lowest BCUT2D eigenvalue weighted by molar-refractivity contribution is -0.151. The Bertz CT molecular complexity index is 922. The molecule has 0 fully saturated rings. The fraction of sp³-hybridized carbons (Fsp3) is 0.478. The molecule has 0 saturated carbocycles. The first-order valence-electron chi connectivity index (χ1n) is 10.5. The van der Waals surface area contributed by atoms with Crippen molar-refractivity contribution in [3.05, 3.63) is 36.0 Å². The van der Waals surface area contributed by atoms with E-state index in [1.807, 2.05) is 44.3 Å². The highest BCUT2D eigenvalue weighted by Crippen LogP contribution is 2.26. The van der Waals surface area contributed by atoms with Gasteiger partial charge in [-0.2, -0.15) is 0 Å². The number of aromatic amines is 1. The number of H-pyrrole nitrogens is 1. The van der Waals surface area contributed by atoms with Gasteiger partial charge in [0.05, 0.1) is 17.6 Å². The fourth-order valence-corrected chi connectivity index (χ4v) is 4.34. The number of carbonyl (C=O) groups excluding carboxylic acids is 3. The molecule has 0 aliphatic heterocycles. The number of para-hydroxylation sites is 1. The molecule has 0 saturated heterocycles. The van der Waals surface area contributed by atoms with E-state index in [0.717, 1.165) is 22.7 Å². The van der Waals surface area contributed by atoms with Gasteiger partial charge in [-0.15, -0.1) is 11.8 Å². The summed E-state index contributed by atoms with van der Waals surface area (Å²) in [4.78, 5) is 40.5. The number of amides is 1. The molecule has 31 heavy (non-hydrogen) atoms. The van der Waals surface area contributed by atoms with Crippen LogP contribution in [0.4, 0.5) is 0 Å². The van der Waals surface area contributed by atoms with E-state index in [1.165, 1.54) is 11.8 Å². The van der Waals surface area contributed by atoms with Gasteiger partial charge in [-0.05, 0) is 43.6 Å². The Hall–Kier alpha value is -2.61. The Balaban J connectivity index is 2.18. The summed E-state index contributed by atoms with van der Waals surface area (Å²) < 4.78 is 5.27. The molecule has 1 amide bonds.